The molecule has 0 aromatic heterocycles. The fourth-order valence-corrected chi connectivity index (χ4v) is 4.29. The van der Waals surface area contributed by atoms with Gasteiger partial charge in [0.05, 0.1) is 17.9 Å². The van der Waals surface area contributed by atoms with Crippen molar-refractivity contribution in [3.63, 3.8) is 0 Å². The highest BCUT2D eigenvalue weighted by Gasteiger charge is 2.21. The zero-order valence-corrected chi connectivity index (χ0v) is 17.4. The van der Waals surface area contributed by atoms with Crippen molar-refractivity contribution in [2.45, 2.75) is 13.2 Å². The van der Waals surface area contributed by atoms with E-state index in [0.717, 1.165) is 19.5 Å². The summed E-state index contributed by atoms with van der Waals surface area (Å²) in [6, 6.07) is 0. The number of hydrogen-bond acceptors (Lipinski definition) is 3. The lowest BCUT2D eigenvalue weighted by Crippen LogP contribution is -2.20. The van der Waals surface area contributed by atoms with Crippen molar-refractivity contribution in [2.75, 3.05) is 0 Å². The first-order chi connectivity index (χ1) is 8.79. The van der Waals surface area contributed by atoms with Crippen molar-refractivity contribution in [3.05, 3.63) is 35.0 Å². The third-order valence-corrected chi connectivity index (χ3v) is 7.92. The van der Waals surface area contributed by atoms with Crippen molar-refractivity contribution in [1.29, 1.82) is 0 Å². The minimum Gasteiger partial charge on any atom is -0.453 e. The second-order valence-electron chi connectivity index (χ2n) is 3.23. The van der Waals surface area contributed by atoms with E-state index in [1.54, 1.807) is 6.92 Å². The second kappa shape index (κ2) is 7.59. The summed E-state index contributed by atoms with van der Waals surface area (Å²) in [5.74, 6) is -0.0405. The van der Waals surface area contributed by atoms with Crippen LogP contribution in [0.15, 0.2) is 35.0 Å². The quantitative estimate of drug-likeness (QED) is 0.144. The van der Waals surface area contributed by atoms with E-state index in [1.165, 1.54) is 0 Å². The van der Waals surface area contributed by atoms with E-state index in [0.29, 0.717) is 14.7 Å². The summed E-state index contributed by atoms with van der Waals surface area (Å²) in [5.41, 5.74) is 0. The molecule has 0 spiro atoms. The molecule has 0 aliphatic rings. The summed E-state index contributed by atoms with van der Waals surface area (Å²) >= 11 is 17.1. The van der Waals surface area contributed by atoms with E-state index in [4.69, 9.17) is 9.47 Å². The van der Waals surface area contributed by atoms with Crippen LogP contribution < -0.4 is 4.74 Å². The first-order valence-electron chi connectivity index (χ1n) is 4.80. The fraction of sp³-hybridized carbons (Fsp3) is 0.182. The van der Waals surface area contributed by atoms with E-state index < -0.39 is 12.3 Å². The molecule has 0 aliphatic carbocycles. The zero-order chi connectivity index (χ0) is 14.7. The van der Waals surface area contributed by atoms with Crippen molar-refractivity contribution in [3.8, 4) is 5.75 Å². The molecule has 1 aromatic rings. The summed E-state index contributed by atoms with van der Waals surface area (Å²) in [7, 11) is 0. The van der Waals surface area contributed by atoms with Gasteiger partial charge in [0.15, 0.2) is 5.75 Å². The largest absolute Gasteiger partial charge is 0.453 e. The molecule has 0 amide bonds. The van der Waals surface area contributed by atoms with Gasteiger partial charge < -0.3 is 9.47 Å². The molecule has 0 N–H and O–H groups in total. The number of hydrogen-bond donors (Lipinski definition) is 0. The maximum atomic E-state index is 11.1. The van der Waals surface area contributed by atoms with Gasteiger partial charge in [0.1, 0.15) is 0 Å². The van der Waals surface area contributed by atoms with Gasteiger partial charge in [-0.25, -0.2) is 4.79 Å². The predicted octanol–water partition coefficient (Wildman–Crippen LogP) is 5.95. The lowest BCUT2D eigenvalue weighted by Gasteiger charge is -2.19. The van der Waals surface area contributed by atoms with Crippen LogP contribution in [0.3, 0.4) is 0 Å². The first-order valence-corrected chi connectivity index (χ1v) is 8.77. The lowest BCUT2D eigenvalue weighted by molar-refractivity contribution is -0.155. The maximum Gasteiger partial charge on any atom is 0.333 e. The van der Waals surface area contributed by atoms with Crippen molar-refractivity contribution in [1.82, 2.24) is 0 Å². The molecule has 1 atom stereocenters. The number of esters is 1. The van der Waals surface area contributed by atoms with Crippen LogP contribution in [0, 0.1) is 0 Å². The summed E-state index contributed by atoms with van der Waals surface area (Å²) in [4.78, 5) is 11.1. The van der Waals surface area contributed by atoms with Crippen LogP contribution in [0.4, 0.5) is 0 Å². The van der Waals surface area contributed by atoms with E-state index in [-0.39, 0.29) is 0 Å². The van der Waals surface area contributed by atoms with E-state index in [9.17, 15) is 4.79 Å². The molecule has 0 aliphatic heterocycles. The number of rotatable bonds is 4. The molecule has 0 saturated heterocycles. The summed E-state index contributed by atoms with van der Waals surface area (Å²) < 4.78 is 14.3. The Balaban J connectivity index is 3.08. The standard InChI is InChI=1S/C11H7Br5O3/c1-3-5(17)18-4(2)19-11-9(15)7(13)6(12)8(14)10(11)16/h3-4H,1H2,2H3. The predicted molar refractivity (Wildman–Crippen MR) is 91.3 cm³/mol. The molecule has 104 valence electrons. The fourth-order valence-electron chi connectivity index (χ4n) is 1.09. The van der Waals surface area contributed by atoms with Gasteiger partial charge in [-0.1, -0.05) is 6.58 Å². The molecule has 8 heteroatoms. The SMILES string of the molecule is C=CC(=O)OC(C)Oc1c(Br)c(Br)c(Br)c(Br)c1Br. The maximum absolute atomic E-state index is 11.1. The number of carbonyl (C=O) groups is 1. The van der Waals surface area contributed by atoms with Gasteiger partial charge in [-0.3, -0.25) is 0 Å². The Kier molecular flexibility index (Phi) is 7.06. The molecule has 0 fully saturated rings. The van der Waals surface area contributed by atoms with Crippen molar-refractivity contribution < 1.29 is 14.3 Å². The molecular weight excluding hydrogens is 580 g/mol. The van der Waals surface area contributed by atoms with E-state index in [2.05, 4.69) is 86.2 Å². The van der Waals surface area contributed by atoms with Gasteiger partial charge in [0, 0.05) is 17.5 Å². The summed E-state index contributed by atoms with van der Waals surface area (Å²) in [5, 5.41) is 0. The van der Waals surface area contributed by atoms with Gasteiger partial charge in [-0.15, -0.1) is 0 Å². The average molecular weight is 587 g/mol. The second-order valence-corrected chi connectivity index (χ2v) is 7.19. The van der Waals surface area contributed by atoms with E-state index in [1.807, 2.05) is 0 Å². The zero-order valence-electron chi connectivity index (χ0n) is 9.48. The Morgan fingerprint density at radius 3 is 1.89 bits per heavy atom. The van der Waals surface area contributed by atoms with Gasteiger partial charge in [0.2, 0.25) is 6.29 Å². The monoisotopic (exact) mass is 582 g/mol. The number of carbonyl (C=O) groups excluding carboxylic acids is 1. The molecule has 19 heavy (non-hydrogen) atoms. The van der Waals surface area contributed by atoms with Crippen molar-refractivity contribution in [2.24, 2.45) is 0 Å². The molecule has 0 saturated carbocycles. The molecular formula is C11H7Br5O3. The van der Waals surface area contributed by atoms with Crippen molar-refractivity contribution >= 4 is 85.6 Å². The number of benzene rings is 1. The first kappa shape index (κ1) is 17.7. The van der Waals surface area contributed by atoms with Crippen LogP contribution in [-0.4, -0.2) is 12.3 Å². The molecule has 1 unspecified atom stereocenters. The van der Waals surface area contributed by atoms with E-state index >= 15 is 0 Å². The minimum absolute atomic E-state index is 0.506. The molecule has 1 rings (SSSR count). The molecule has 0 radical (unpaired) electrons. The van der Waals surface area contributed by atoms with Gasteiger partial charge >= 0.3 is 5.97 Å². The Morgan fingerprint density at radius 2 is 1.47 bits per heavy atom. The highest BCUT2D eigenvalue weighted by atomic mass is 79.9. The van der Waals surface area contributed by atoms with Gasteiger partial charge in [-0.05, 0) is 79.6 Å². The van der Waals surface area contributed by atoms with Crippen LogP contribution >= 0.6 is 79.6 Å². The highest BCUT2D eigenvalue weighted by Crippen LogP contribution is 2.48. The normalized spacial score (nSPS) is 11.9. The van der Waals surface area contributed by atoms with Crippen LogP contribution in [0.25, 0.3) is 0 Å². The average Bonchev–Trinajstić information content (AvgIpc) is 2.39. The Bertz CT molecular complexity index is 501. The van der Waals surface area contributed by atoms with Crippen LogP contribution in [0.1, 0.15) is 6.92 Å². The lowest BCUT2D eigenvalue weighted by atomic mass is 10.3. The van der Waals surface area contributed by atoms with Crippen LogP contribution in [-0.2, 0) is 9.53 Å². The summed E-state index contributed by atoms with van der Waals surface area (Å²) in [6.45, 7) is 4.94. The minimum atomic E-state index is -0.752. The third-order valence-electron chi connectivity index (χ3n) is 1.90. The van der Waals surface area contributed by atoms with Gasteiger partial charge in [0.25, 0.3) is 0 Å². The smallest absolute Gasteiger partial charge is 0.333 e. The Labute approximate surface area is 152 Å². The molecule has 0 heterocycles. The Morgan fingerprint density at radius 1 is 1.05 bits per heavy atom. The molecule has 0 bridgehead atoms. The topological polar surface area (TPSA) is 35.5 Å². The number of ether oxygens (including phenoxy) is 2. The van der Waals surface area contributed by atoms with Gasteiger partial charge in [-0.2, -0.15) is 0 Å². The van der Waals surface area contributed by atoms with Crippen LogP contribution in [0.5, 0.6) is 5.75 Å². The van der Waals surface area contributed by atoms with Crippen LogP contribution in [0.2, 0.25) is 0 Å². The highest BCUT2D eigenvalue weighted by molar-refractivity contribution is 9.15. The summed E-state index contributed by atoms with van der Waals surface area (Å²) in [6.07, 6.45) is 0.329. The third kappa shape index (κ3) is 4.30. The molecule has 1 aromatic carbocycles. The molecule has 3 nitrogen and oxygen atoms in total. The number of halogens is 5. The Hall–Kier alpha value is 0.630.